The van der Waals surface area contributed by atoms with Crippen LogP contribution in [0.15, 0.2) is 18.2 Å². The molecule has 1 atom stereocenters. The first-order valence-corrected chi connectivity index (χ1v) is 6.43. The van der Waals surface area contributed by atoms with Gasteiger partial charge in [0.2, 0.25) is 0 Å². The topological polar surface area (TPSA) is 75.5 Å². The number of non-ortho nitro benzene ring substituents is 1. The summed E-state index contributed by atoms with van der Waals surface area (Å²) in [5, 5.41) is 13.8. The number of hydrogen-bond acceptors (Lipinski definition) is 4. The number of carbonyl (C=O) groups is 1. The first kappa shape index (κ1) is 17.3. The molecule has 1 unspecified atom stereocenters. The van der Waals surface area contributed by atoms with Crippen LogP contribution in [0.2, 0.25) is 0 Å². The first-order chi connectivity index (χ1) is 9.51. The van der Waals surface area contributed by atoms with Gasteiger partial charge in [0.15, 0.2) is 0 Å². The summed E-state index contributed by atoms with van der Waals surface area (Å²) in [6.07, 6.45) is 1.83. The van der Waals surface area contributed by atoms with Gasteiger partial charge in [-0.3, -0.25) is 14.9 Å². The number of rotatable bonds is 3. The van der Waals surface area contributed by atoms with Crippen LogP contribution in [-0.4, -0.2) is 41.9 Å². The molecule has 1 heterocycles. The zero-order valence-corrected chi connectivity index (χ0v) is 12.4. The van der Waals surface area contributed by atoms with Gasteiger partial charge in [0.1, 0.15) is 5.82 Å². The predicted octanol–water partition coefficient (Wildman–Crippen LogP) is 1.98. The van der Waals surface area contributed by atoms with Crippen molar-refractivity contribution in [2.45, 2.75) is 18.9 Å². The minimum atomic E-state index is -0.773. The molecule has 8 heteroatoms. The molecular weight excluding hydrogens is 301 g/mol. The lowest BCUT2D eigenvalue weighted by molar-refractivity contribution is -0.385. The van der Waals surface area contributed by atoms with E-state index in [0.717, 1.165) is 31.0 Å². The van der Waals surface area contributed by atoms with E-state index in [1.54, 1.807) is 4.90 Å². The van der Waals surface area contributed by atoms with Crippen LogP contribution in [0, 0.1) is 15.9 Å². The third kappa shape index (κ3) is 4.12. The van der Waals surface area contributed by atoms with E-state index in [9.17, 15) is 19.3 Å². The summed E-state index contributed by atoms with van der Waals surface area (Å²) >= 11 is 0. The maximum absolute atomic E-state index is 13.4. The minimum absolute atomic E-state index is 0. The molecule has 0 spiro atoms. The molecule has 21 heavy (non-hydrogen) atoms. The number of piperidine rings is 1. The van der Waals surface area contributed by atoms with Crippen LogP contribution < -0.4 is 5.32 Å². The summed E-state index contributed by atoms with van der Waals surface area (Å²) in [4.78, 5) is 23.9. The fourth-order valence-electron chi connectivity index (χ4n) is 2.38. The van der Waals surface area contributed by atoms with Gasteiger partial charge in [0, 0.05) is 30.8 Å². The molecule has 0 bridgehead atoms. The Kier molecular flexibility index (Phi) is 6.04. The molecule has 1 aromatic carbocycles. The zero-order chi connectivity index (χ0) is 14.7. The van der Waals surface area contributed by atoms with Crippen molar-refractivity contribution in [2.24, 2.45) is 0 Å². The Bertz CT molecular complexity index is 541. The number of halogens is 2. The van der Waals surface area contributed by atoms with Crippen molar-refractivity contribution in [2.75, 3.05) is 20.1 Å². The second-order valence-electron chi connectivity index (χ2n) is 4.83. The number of likely N-dealkylation sites (tertiary alicyclic amines) is 1. The molecule has 1 aliphatic heterocycles. The maximum atomic E-state index is 13.4. The monoisotopic (exact) mass is 317 g/mol. The summed E-state index contributed by atoms with van der Waals surface area (Å²) < 4.78 is 13.4. The number of nitrogens with zero attached hydrogens (tertiary/aromatic N) is 2. The summed E-state index contributed by atoms with van der Waals surface area (Å²) in [6.45, 7) is 1.11. The fraction of sp³-hybridized carbons (Fsp3) is 0.462. The van der Waals surface area contributed by atoms with Crippen LogP contribution in [0.1, 0.15) is 23.2 Å². The Morgan fingerprint density at radius 3 is 2.81 bits per heavy atom. The van der Waals surface area contributed by atoms with Crippen LogP contribution >= 0.6 is 12.4 Å². The molecule has 1 aliphatic rings. The molecule has 0 radical (unpaired) electrons. The van der Waals surface area contributed by atoms with E-state index in [1.807, 2.05) is 7.05 Å². The molecule has 0 saturated carbocycles. The van der Waals surface area contributed by atoms with Gasteiger partial charge in [-0.25, -0.2) is 4.39 Å². The molecule has 116 valence electrons. The molecule has 2 rings (SSSR count). The second-order valence-corrected chi connectivity index (χ2v) is 4.83. The van der Waals surface area contributed by atoms with Gasteiger partial charge in [-0.05, 0) is 26.0 Å². The molecular formula is C13H17ClFN3O3. The maximum Gasteiger partial charge on any atom is 0.273 e. The number of nitro groups is 1. The largest absolute Gasteiger partial charge is 0.337 e. The van der Waals surface area contributed by atoms with Crippen LogP contribution in [0.3, 0.4) is 0 Å². The molecule has 0 aromatic heterocycles. The third-order valence-corrected chi connectivity index (χ3v) is 3.46. The molecule has 1 N–H and O–H groups in total. The van der Waals surface area contributed by atoms with E-state index < -0.39 is 16.4 Å². The van der Waals surface area contributed by atoms with Crippen LogP contribution in [0.4, 0.5) is 10.1 Å². The van der Waals surface area contributed by atoms with E-state index in [4.69, 9.17) is 0 Å². The van der Waals surface area contributed by atoms with E-state index in [0.29, 0.717) is 13.1 Å². The number of hydrogen-bond donors (Lipinski definition) is 1. The summed E-state index contributed by atoms with van der Waals surface area (Å²) in [6, 6.07) is 3.17. The molecule has 1 saturated heterocycles. The van der Waals surface area contributed by atoms with Crippen molar-refractivity contribution >= 4 is 24.0 Å². The Hall–Kier alpha value is -1.73. The van der Waals surface area contributed by atoms with Gasteiger partial charge in [-0.15, -0.1) is 12.4 Å². The minimum Gasteiger partial charge on any atom is -0.337 e. The normalized spacial score (nSPS) is 18.0. The number of amides is 1. The van der Waals surface area contributed by atoms with Gasteiger partial charge in [0.25, 0.3) is 11.6 Å². The number of carbonyl (C=O) groups excluding carboxylic acids is 1. The number of benzene rings is 1. The fourth-order valence-corrected chi connectivity index (χ4v) is 2.38. The summed E-state index contributed by atoms with van der Waals surface area (Å²) in [5.41, 5.74) is -0.385. The number of nitro benzene ring substituents is 1. The Balaban J connectivity index is 0.00000220. The van der Waals surface area contributed by atoms with E-state index >= 15 is 0 Å². The lowest BCUT2D eigenvalue weighted by Gasteiger charge is -2.32. The smallest absolute Gasteiger partial charge is 0.273 e. The zero-order valence-electron chi connectivity index (χ0n) is 11.5. The SMILES string of the molecule is CNC1CCCN(C(=O)c2cc(F)cc([N+](=O)[O-])c2)C1.Cl. The molecule has 1 fully saturated rings. The van der Waals surface area contributed by atoms with Crippen molar-refractivity contribution in [3.63, 3.8) is 0 Å². The van der Waals surface area contributed by atoms with Crippen molar-refractivity contribution < 1.29 is 14.1 Å². The van der Waals surface area contributed by atoms with Gasteiger partial charge < -0.3 is 10.2 Å². The average Bonchev–Trinajstić information content (AvgIpc) is 2.45. The highest BCUT2D eigenvalue weighted by molar-refractivity contribution is 5.95. The molecule has 6 nitrogen and oxygen atoms in total. The Labute approximate surface area is 127 Å². The Morgan fingerprint density at radius 2 is 2.19 bits per heavy atom. The highest BCUT2D eigenvalue weighted by Crippen LogP contribution is 2.19. The number of nitrogens with one attached hydrogen (secondary N) is 1. The van der Waals surface area contributed by atoms with Gasteiger partial charge >= 0.3 is 0 Å². The standard InChI is InChI=1S/C13H16FN3O3.ClH/c1-15-11-3-2-4-16(8-11)13(18)9-5-10(14)7-12(6-9)17(19)20;/h5-7,11,15H,2-4,8H2,1H3;1H. The highest BCUT2D eigenvalue weighted by atomic mass is 35.5. The quantitative estimate of drug-likeness (QED) is 0.683. The lowest BCUT2D eigenvalue weighted by Crippen LogP contribution is -2.47. The lowest BCUT2D eigenvalue weighted by atomic mass is 10.0. The van der Waals surface area contributed by atoms with Crippen molar-refractivity contribution in [3.8, 4) is 0 Å². The molecule has 1 aromatic rings. The summed E-state index contributed by atoms with van der Waals surface area (Å²) in [7, 11) is 1.83. The second kappa shape index (κ2) is 7.33. The van der Waals surface area contributed by atoms with Crippen LogP contribution in [-0.2, 0) is 0 Å². The number of likely N-dealkylation sites (N-methyl/N-ethyl adjacent to an activating group) is 1. The average molecular weight is 318 g/mol. The van der Waals surface area contributed by atoms with E-state index in [1.165, 1.54) is 0 Å². The summed E-state index contributed by atoms with van der Waals surface area (Å²) in [5.74, 6) is -1.14. The van der Waals surface area contributed by atoms with Crippen LogP contribution in [0.25, 0.3) is 0 Å². The third-order valence-electron chi connectivity index (χ3n) is 3.46. The highest BCUT2D eigenvalue weighted by Gasteiger charge is 2.25. The van der Waals surface area contributed by atoms with Crippen molar-refractivity contribution in [1.82, 2.24) is 10.2 Å². The Morgan fingerprint density at radius 1 is 1.48 bits per heavy atom. The van der Waals surface area contributed by atoms with Crippen molar-refractivity contribution in [3.05, 3.63) is 39.7 Å². The van der Waals surface area contributed by atoms with Gasteiger partial charge in [-0.2, -0.15) is 0 Å². The predicted molar refractivity (Wildman–Crippen MR) is 78.3 cm³/mol. The first-order valence-electron chi connectivity index (χ1n) is 6.43. The van der Waals surface area contributed by atoms with Crippen LogP contribution in [0.5, 0.6) is 0 Å². The molecule has 1 amide bonds. The van der Waals surface area contributed by atoms with Crippen molar-refractivity contribution in [1.29, 1.82) is 0 Å². The van der Waals surface area contributed by atoms with Gasteiger partial charge in [-0.1, -0.05) is 0 Å². The molecule has 0 aliphatic carbocycles. The van der Waals surface area contributed by atoms with Gasteiger partial charge in [0.05, 0.1) is 11.0 Å². The van der Waals surface area contributed by atoms with E-state index in [-0.39, 0.29) is 29.9 Å². The van der Waals surface area contributed by atoms with E-state index in [2.05, 4.69) is 5.32 Å².